The first kappa shape index (κ1) is 17.9. The molecule has 1 aromatic heterocycles. The largest absolute Gasteiger partial charge is 0.323 e. The van der Waals surface area contributed by atoms with E-state index in [1.807, 2.05) is 22.8 Å². The molecule has 0 spiro atoms. The normalized spacial score (nSPS) is 12.4. The molecule has 27 heavy (non-hydrogen) atoms. The molecule has 2 amide bonds. The zero-order chi connectivity index (χ0) is 19.1. The molecule has 3 aromatic rings. The minimum atomic E-state index is -0.331. The van der Waals surface area contributed by atoms with Gasteiger partial charge in [0.1, 0.15) is 0 Å². The van der Waals surface area contributed by atoms with Gasteiger partial charge in [-0.2, -0.15) is 0 Å². The molecule has 1 aliphatic rings. The van der Waals surface area contributed by atoms with E-state index in [0.717, 1.165) is 17.3 Å². The fraction of sp³-hybridized carbons (Fsp3) is 0.200. The lowest BCUT2D eigenvalue weighted by Gasteiger charge is -2.19. The second kappa shape index (κ2) is 6.91. The number of nitrogens with zero attached hydrogens (tertiary/aromatic N) is 2. The Morgan fingerprint density at radius 3 is 2.78 bits per heavy atom. The maximum Gasteiger partial charge on any atom is 0.321 e. The van der Waals surface area contributed by atoms with Gasteiger partial charge in [0.05, 0.1) is 22.1 Å². The van der Waals surface area contributed by atoms with E-state index in [1.54, 1.807) is 25.2 Å². The predicted molar refractivity (Wildman–Crippen MR) is 109 cm³/mol. The number of hydrogen-bond donors (Lipinski definition) is 1. The van der Waals surface area contributed by atoms with Gasteiger partial charge in [0.2, 0.25) is 0 Å². The number of aromatic nitrogens is 1. The number of para-hydroxylation sites is 1. The number of amides is 2. The first-order chi connectivity index (χ1) is 12.9. The maximum absolute atomic E-state index is 12.8. The van der Waals surface area contributed by atoms with Crippen molar-refractivity contribution < 1.29 is 4.79 Å². The number of hydrogen-bond acceptors (Lipinski definition) is 2. The van der Waals surface area contributed by atoms with Crippen molar-refractivity contribution in [2.24, 2.45) is 0 Å². The predicted octanol–water partition coefficient (Wildman–Crippen LogP) is 4.53. The minimum Gasteiger partial charge on any atom is -0.323 e. The number of carbonyl (C=O) groups excluding carboxylic acids is 1. The summed E-state index contributed by atoms with van der Waals surface area (Å²) in [6, 6.07) is 12.5. The number of pyridine rings is 1. The molecule has 2 aromatic carbocycles. The van der Waals surface area contributed by atoms with E-state index in [9.17, 15) is 9.59 Å². The van der Waals surface area contributed by atoms with Crippen LogP contribution in [-0.2, 0) is 19.5 Å². The molecular formula is C20H17Cl2N3O2. The Morgan fingerprint density at radius 2 is 2.00 bits per heavy atom. The average Bonchev–Trinajstić information content (AvgIpc) is 3.08. The summed E-state index contributed by atoms with van der Waals surface area (Å²) in [6.45, 7) is 0.897. The van der Waals surface area contributed by atoms with Gasteiger partial charge in [-0.3, -0.25) is 4.79 Å². The lowest BCUT2D eigenvalue weighted by atomic mass is 10.1. The van der Waals surface area contributed by atoms with Crippen LogP contribution in [0.2, 0.25) is 10.0 Å². The number of halogens is 2. The van der Waals surface area contributed by atoms with Crippen LogP contribution in [0.15, 0.2) is 47.3 Å². The molecule has 0 bridgehead atoms. The van der Waals surface area contributed by atoms with Crippen molar-refractivity contribution in [3.8, 4) is 0 Å². The van der Waals surface area contributed by atoms with E-state index in [-0.39, 0.29) is 18.1 Å². The Labute approximate surface area is 166 Å². The third-order valence-electron chi connectivity index (χ3n) is 4.80. The third-order valence-corrected chi connectivity index (χ3v) is 5.54. The number of nitrogens with one attached hydrogen (secondary N) is 1. The van der Waals surface area contributed by atoms with Crippen LogP contribution in [0.4, 0.5) is 10.5 Å². The Morgan fingerprint density at radius 1 is 1.19 bits per heavy atom. The van der Waals surface area contributed by atoms with E-state index in [0.29, 0.717) is 27.8 Å². The Kier molecular flexibility index (Phi) is 4.58. The van der Waals surface area contributed by atoms with Crippen molar-refractivity contribution in [2.45, 2.75) is 19.5 Å². The standard InChI is InChI=1S/C20H17Cl2N3O2/c1-24(20(27)23-15-5-6-16(21)17(22)10-15)11-14-9-13-4-2-3-12-7-8-25(18(12)13)19(14)26/h2-6,9-10H,7-8,11H2,1H3,(H,23,27). The molecular weight excluding hydrogens is 385 g/mol. The monoisotopic (exact) mass is 401 g/mol. The van der Waals surface area contributed by atoms with Gasteiger partial charge in [-0.05, 0) is 41.6 Å². The van der Waals surface area contributed by atoms with Crippen molar-refractivity contribution in [2.75, 3.05) is 12.4 Å². The van der Waals surface area contributed by atoms with E-state index in [1.165, 1.54) is 10.5 Å². The van der Waals surface area contributed by atoms with Crippen LogP contribution in [0, 0.1) is 0 Å². The first-order valence-corrected chi connectivity index (χ1v) is 9.31. The molecule has 0 radical (unpaired) electrons. The summed E-state index contributed by atoms with van der Waals surface area (Å²) in [5, 5.41) is 4.57. The second-order valence-corrected chi connectivity index (χ2v) is 7.46. The van der Waals surface area contributed by atoms with Crippen LogP contribution in [0.3, 0.4) is 0 Å². The molecule has 0 saturated heterocycles. The number of aryl methyl sites for hydroxylation is 2. The molecule has 1 aliphatic heterocycles. The van der Waals surface area contributed by atoms with Gasteiger partial charge in [0, 0.05) is 24.8 Å². The number of carbonyl (C=O) groups is 1. The van der Waals surface area contributed by atoms with E-state index in [4.69, 9.17) is 23.2 Å². The number of urea groups is 1. The fourth-order valence-corrected chi connectivity index (χ4v) is 3.76. The van der Waals surface area contributed by atoms with Gasteiger partial charge in [-0.1, -0.05) is 41.4 Å². The van der Waals surface area contributed by atoms with E-state index in [2.05, 4.69) is 11.4 Å². The molecule has 1 N–H and O–H groups in total. The molecule has 5 nitrogen and oxygen atoms in total. The highest BCUT2D eigenvalue weighted by atomic mass is 35.5. The fourth-order valence-electron chi connectivity index (χ4n) is 3.46. The van der Waals surface area contributed by atoms with Crippen LogP contribution in [0.25, 0.3) is 10.9 Å². The lowest BCUT2D eigenvalue weighted by molar-refractivity contribution is 0.220. The minimum absolute atomic E-state index is 0.0402. The van der Waals surface area contributed by atoms with Crippen molar-refractivity contribution in [1.29, 1.82) is 0 Å². The molecule has 138 valence electrons. The van der Waals surface area contributed by atoms with Crippen LogP contribution >= 0.6 is 23.2 Å². The maximum atomic E-state index is 12.8. The zero-order valence-electron chi connectivity index (χ0n) is 14.6. The van der Waals surface area contributed by atoms with Crippen molar-refractivity contribution in [3.63, 3.8) is 0 Å². The van der Waals surface area contributed by atoms with Crippen LogP contribution in [0.1, 0.15) is 11.1 Å². The summed E-state index contributed by atoms with van der Waals surface area (Å²) in [7, 11) is 1.65. The van der Waals surface area contributed by atoms with Gasteiger partial charge >= 0.3 is 6.03 Å². The Bertz CT molecular complexity index is 1120. The highest BCUT2D eigenvalue weighted by Crippen LogP contribution is 2.26. The molecule has 0 atom stereocenters. The first-order valence-electron chi connectivity index (χ1n) is 8.55. The average molecular weight is 402 g/mol. The van der Waals surface area contributed by atoms with Gasteiger partial charge in [0.15, 0.2) is 0 Å². The molecule has 0 fully saturated rings. The highest BCUT2D eigenvalue weighted by Gasteiger charge is 2.19. The van der Waals surface area contributed by atoms with Crippen molar-refractivity contribution >= 4 is 45.8 Å². The smallest absolute Gasteiger partial charge is 0.321 e. The summed E-state index contributed by atoms with van der Waals surface area (Å²) >= 11 is 11.9. The number of anilines is 1. The molecule has 0 unspecified atom stereocenters. The summed E-state index contributed by atoms with van der Waals surface area (Å²) in [5.41, 5.74) is 3.30. The van der Waals surface area contributed by atoms with E-state index >= 15 is 0 Å². The summed E-state index contributed by atoms with van der Waals surface area (Å²) in [6.07, 6.45) is 0.865. The third kappa shape index (κ3) is 3.29. The number of benzene rings is 2. The SMILES string of the molecule is CN(Cc1cc2cccc3c2n(c1=O)CC3)C(=O)Nc1ccc(Cl)c(Cl)c1. The molecule has 0 aliphatic carbocycles. The van der Waals surface area contributed by atoms with Crippen LogP contribution in [-0.4, -0.2) is 22.5 Å². The molecule has 0 saturated carbocycles. The van der Waals surface area contributed by atoms with Crippen molar-refractivity contribution in [1.82, 2.24) is 9.47 Å². The van der Waals surface area contributed by atoms with Crippen molar-refractivity contribution in [3.05, 3.63) is 74.0 Å². The summed E-state index contributed by atoms with van der Waals surface area (Å²) < 4.78 is 1.81. The topological polar surface area (TPSA) is 54.3 Å². The highest BCUT2D eigenvalue weighted by molar-refractivity contribution is 6.42. The second-order valence-electron chi connectivity index (χ2n) is 6.65. The molecule has 4 rings (SSSR count). The van der Waals surface area contributed by atoms with Gasteiger partial charge in [-0.25, -0.2) is 4.79 Å². The summed E-state index contributed by atoms with van der Waals surface area (Å²) in [4.78, 5) is 26.8. The quantitative estimate of drug-likeness (QED) is 0.700. The number of rotatable bonds is 3. The zero-order valence-corrected chi connectivity index (χ0v) is 16.1. The Balaban J connectivity index is 1.57. The van der Waals surface area contributed by atoms with Gasteiger partial charge in [-0.15, -0.1) is 0 Å². The summed E-state index contributed by atoms with van der Waals surface area (Å²) in [5.74, 6) is 0. The van der Waals surface area contributed by atoms with Crippen LogP contribution in [0.5, 0.6) is 0 Å². The van der Waals surface area contributed by atoms with Gasteiger partial charge < -0.3 is 14.8 Å². The van der Waals surface area contributed by atoms with Gasteiger partial charge in [0.25, 0.3) is 5.56 Å². The van der Waals surface area contributed by atoms with Crippen LogP contribution < -0.4 is 10.9 Å². The Hall–Kier alpha value is -2.50. The molecule has 2 heterocycles. The van der Waals surface area contributed by atoms with E-state index < -0.39 is 0 Å². The lowest BCUT2D eigenvalue weighted by Crippen LogP contribution is -2.34. The molecule has 7 heteroatoms.